The second-order valence-electron chi connectivity index (χ2n) is 7.06. The summed E-state index contributed by atoms with van der Waals surface area (Å²) in [5.41, 5.74) is 0.683. The molecular weight excluding hydrogens is 433 g/mol. The number of nitrogens with one attached hydrogen (secondary N) is 1. The Balaban J connectivity index is 1.62. The fraction of sp³-hybridized carbons (Fsp3) is 0.316. The van der Waals surface area contributed by atoms with Gasteiger partial charge in [0.25, 0.3) is 0 Å². The summed E-state index contributed by atoms with van der Waals surface area (Å²) >= 11 is 0. The molecule has 0 saturated carbocycles. The highest BCUT2D eigenvalue weighted by molar-refractivity contribution is 7.89. The zero-order valence-corrected chi connectivity index (χ0v) is 17.6. The molecule has 1 fully saturated rings. The van der Waals surface area contributed by atoms with Crippen LogP contribution in [0.1, 0.15) is 18.4 Å². The van der Waals surface area contributed by atoms with Gasteiger partial charge in [0.1, 0.15) is 5.82 Å². The summed E-state index contributed by atoms with van der Waals surface area (Å²) in [5, 5.41) is 7.81. The summed E-state index contributed by atoms with van der Waals surface area (Å²) in [6.45, 7) is 0.499. The highest BCUT2D eigenvalue weighted by Gasteiger charge is 2.33. The molecule has 0 radical (unpaired) electrons. The van der Waals surface area contributed by atoms with Crippen molar-refractivity contribution in [2.45, 2.75) is 29.2 Å². The van der Waals surface area contributed by atoms with Gasteiger partial charge in [-0.25, -0.2) is 26.4 Å². The van der Waals surface area contributed by atoms with Crippen LogP contribution in [0.5, 0.6) is 0 Å². The first kappa shape index (κ1) is 22.3. The minimum absolute atomic E-state index is 0.0140. The van der Waals surface area contributed by atoms with E-state index in [-0.39, 0.29) is 28.8 Å². The maximum absolute atomic E-state index is 13.1. The number of nitrogens with two attached hydrogens (primary N) is 1. The molecule has 3 rings (SSSR count). The molecule has 1 aliphatic rings. The summed E-state index contributed by atoms with van der Waals surface area (Å²) in [5.74, 6) is -1.33. The summed E-state index contributed by atoms with van der Waals surface area (Å²) in [6.07, 6.45) is 1.08. The highest BCUT2D eigenvalue weighted by Crippen LogP contribution is 2.24. The van der Waals surface area contributed by atoms with Crippen LogP contribution in [-0.2, 0) is 31.4 Å². The Kier molecular flexibility index (Phi) is 6.56. The van der Waals surface area contributed by atoms with Crippen molar-refractivity contribution in [3.8, 4) is 0 Å². The van der Waals surface area contributed by atoms with Crippen molar-refractivity contribution in [3.05, 3.63) is 59.9 Å². The Labute approximate surface area is 175 Å². The molecule has 1 amide bonds. The van der Waals surface area contributed by atoms with E-state index in [1.165, 1.54) is 28.6 Å². The normalized spacial score (nSPS) is 18.1. The molecule has 1 aliphatic heterocycles. The number of rotatable bonds is 6. The lowest BCUT2D eigenvalue weighted by atomic mass is 9.99. The second-order valence-corrected chi connectivity index (χ2v) is 10.6. The molecule has 162 valence electrons. The standard InChI is InChI=1S/C19H22FN3O5S2/c20-16-5-9-18(10-6-16)30(27,28)23-11-1-2-15(13-23)19(24)22-12-14-3-7-17(8-4-14)29(21,25)26/h3-10,15H,1-2,11-13H2,(H,22,24)(H2,21,25,26)/t15-/m0/s1. The molecule has 8 nitrogen and oxygen atoms in total. The molecule has 0 unspecified atom stereocenters. The average Bonchev–Trinajstić information content (AvgIpc) is 2.72. The van der Waals surface area contributed by atoms with E-state index in [0.717, 1.165) is 12.1 Å². The van der Waals surface area contributed by atoms with Crippen molar-refractivity contribution in [3.63, 3.8) is 0 Å². The van der Waals surface area contributed by atoms with Crippen molar-refractivity contribution in [2.24, 2.45) is 11.1 Å². The van der Waals surface area contributed by atoms with E-state index in [9.17, 15) is 26.0 Å². The van der Waals surface area contributed by atoms with Crippen LogP contribution in [0.3, 0.4) is 0 Å². The predicted octanol–water partition coefficient (Wildman–Crippen LogP) is 1.19. The average molecular weight is 456 g/mol. The van der Waals surface area contributed by atoms with E-state index >= 15 is 0 Å². The van der Waals surface area contributed by atoms with E-state index < -0.39 is 31.8 Å². The van der Waals surface area contributed by atoms with Crippen LogP contribution in [0, 0.1) is 11.7 Å². The lowest BCUT2D eigenvalue weighted by Gasteiger charge is -2.31. The minimum atomic E-state index is -3.81. The molecule has 1 saturated heterocycles. The minimum Gasteiger partial charge on any atom is -0.352 e. The Morgan fingerprint density at radius 1 is 1.03 bits per heavy atom. The number of primary sulfonamides is 1. The Bertz CT molecular complexity index is 1120. The topological polar surface area (TPSA) is 127 Å². The molecule has 1 atom stereocenters. The van der Waals surface area contributed by atoms with Crippen molar-refractivity contribution in [1.82, 2.24) is 9.62 Å². The number of piperidine rings is 1. The number of hydrogen-bond acceptors (Lipinski definition) is 5. The smallest absolute Gasteiger partial charge is 0.243 e. The summed E-state index contributed by atoms with van der Waals surface area (Å²) in [7, 11) is -7.60. The summed E-state index contributed by atoms with van der Waals surface area (Å²) < 4.78 is 62.4. The van der Waals surface area contributed by atoms with Gasteiger partial charge in [-0.3, -0.25) is 4.79 Å². The van der Waals surface area contributed by atoms with Gasteiger partial charge in [0.15, 0.2) is 0 Å². The predicted molar refractivity (Wildman–Crippen MR) is 108 cm³/mol. The van der Waals surface area contributed by atoms with Crippen molar-refractivity contribution < 1.29 is 26.0 Å². The van der Waals surface area contributed by atoms with Gasteiger partial charge in [-0.05, 0) is 54.8 Å². The van der Waals surface area contributed by atoms with Gasteiger partial charge in [-0.2, -0.15) is 4.31 Å². The quantitative estimate of drug-likeness (QED) is 0.677. The summed E-state index contributed by atoms with van der Waals surface area (Å²) in [4.78, 5) is 12.5. The van der Waals surface area contributed by atoms with Gasteiger partial charge in [0.05, 0.1) is 15.7 Å². The largest absolute Gasteiger partial charge is 0.352 e. The number of carbonyl (C=O) groups is 1. The maximum Gasteiger partial charge on any atom is 0.243 e. The third-order valence-corrected chi connectivity index (χ3v) is 7.73. The lowest BCUT2D eigenvalue weighted by molar-refractivity contribution is -0.126. The van der Waals surface area contributed by atoms with Crippen LogP contribution in [0.25, 0.3) is 0 Å². The van der Waals surface area contributed by atoms with Crippen LogP contribution in [0.4, 0.5) is 4.39 Å². The molecule has 2 aromatic carbocycles. The summed E-state index contributed by atoms with van der Waals surface area (Å²) in [6, 6.07) is 10.4. The van der Waals surface area contributed by atoms with E-state index in [0.29, 0.717) is 24.9 Å². The number of hydrogen-bond donors (Lipinski definition) is 2. The number of nitrogens with zero attached hydrogens (tertiary/aromatic N) is 1. The molecule has 2 aromatic rings. The lowest BCUT2D eigenvalue weighted by Crippen LogP contribution is -2.45. The van der Waals surface area contributed by atoms with Crippen LogP contribution in [-0.4, -0.2) is 40.1 Å². The number of benzene rings is 2. The molecule has 0 spiro atoms. The van der Waals surface area contributed by atoms with Gasteiger partial charge < -0.3 is 5.32 Å². The monoisotopic (exact) mass is 455 g/mol. The van der Waals surface area contributed by atoms with Gasteiger partial charge >= 0.3 is 0 Å². The van der Waals surface area contributed by atoms with Gasteiger partial charge in [-0.15, -0.1) is 0 Å². The van der Waals surface area contributed by atoms with E-state index in [4.69, 9.17) is 5.14 Å². The number of carbonyl (C=O) groups excluding carboxylic acids is 1. The maximum atomic E-state index is 13.1. The van der Waals surface area contributed by atoms with Gasteiger partial charge in [-0.1, -0.05) is 12.1 Å². The van der Waals surface area contributed by atoms with Gasteiger partial charge in [0.2, 0.25) is 26.0 Å². The van der Waals surface area contributed by atoms with E-state index in [2.05, 4.69) is 5.32 Å². The van der Waals surface area contributed by atoms with Gasteiger partial charge in [0, 0.05) is 19.6 Å². The molecular formula is C19H22FN3O5S2. The number of halogens is 1. The first-order valence-electron chi connectivity index (χ1n) is 9.22. The molecule has 0 bridgehead atoms. The Morgan fingerprint density at radius 3 is 2.23 bits per heavy atom. The fourth-order valence-corrected chi connectivity index (χ4v) is 5.30. The Hall–Kier alpha value is -2.34. The first-order valence-corrected chi connectivity index (χ1v) is 12.2. The highest BCUT2D eigenvalue weighted by atomic mass is 32.2. The zero-order valence-electron chi connectivity index (χ0n) is 16.0. The molecule has 0 aromatic heterocycles. The number of amides is 1. The van der Waals surface area contributed by atoms with E-state index in [1.54, 1.807) is 12.1 Å². The molecule has 0 aliphatic carbocycles. The van der Waals surface area contributed by atoms with E-state index in [1.807, 2.05) is 0 Å². The number of sulfonamides is 2. The second kappa shape index (κ2) is 8.80. The first-order chi connectivity index (χ1) is 14.1. The molecule has 1 heterocycles. The molecule has 30 heavy (non-hydrogen) atoms. The Morgan fingerprint density at radius 2 is 1.63 bits per heavy atom. The van der Waals surface area contributed by atoms with Crippen molar-refractivity contribution >= 4 is 26.0 Å². The van der Waals surface area contributed by atoms with Crippen LogP contribution in [0.2, 0.25) is 0 Å². The SMILES string of the molecule is NS(=O)(=O)c1ccc(CNC(=O)[C@H]2CCCN(S(=O)(=O)c3ccc(F)cc3)C2)cc1. The molecule has 3 N–H and O–H groups in total. The van der Waals surface area contributed by atoms with Crippen LogP contribution in [0.15, 0.2) is 58.3 Å². The fourth-order valence-electron chi connectivity index (χ4n) is 3.26. The zero-order chi connectivity index (χ0) is 21.9. The third kappa shape index (κ3) is 5.22. The van der Waals surface area contributed by atoms with Crippen molar-refractivity contribution in [1.29, 1.82) is 0 Å². The van der Waals surface area contributed by atoms with Crippen LogP contribution < -0.4 is 10.5 Å². The molecule has 11 heteroatoms. The van der Waals surface area contributed by atoms with Crippen molar-refractivity contribution in [2.75, 3.05) is 13.1 Å². The third-order valence-electron chi connectivity index (χ3n) is 4.92. The van der Waals surface area contributed by atoms with Crippen LogP contribution >= 0.6 is 0 Å².